The molecule has 1 heterocycles. The predicted molar refractivity (Wildman–Crippen MR) is 82.7 cm³/mol. The number of aryl methyl sites for hydroxylation is 1. The van der Waals surface area contributed by atoms with E-state index < -0.39 is 0 Å². The molecule has 1 atom stereocenters. The van der Waals surface area contributed by atoms with Gasteiger partial charge < -0.3 is 5.32 Å². The molecule has 19 heavy (non-hydrogen) atoms. The van der Waals surface area contributed by atoms with Crippen LogP contribution in [0.4, 0.5) is 0 Å². The lowest BCUT2D eigenvalue weighted by atomic mass is 10.0. The van der Waals surface area contributed by atoms with E-state index in [1.54, 1.807) is 11.3 Å². The van der Waals surface area contributed by atoms with E-state index in [4.69, 9.17) is 0 Å². The molecule has 0 amide bonds. The molecule has 0 bridgehead atoms. The van der Waals surface area contributed by atoms with Gasteiger partial charge >= 0.3 is 0 Å². The van der Waals surface area contributed by atoms with Crippen LogP contribution in [0.5, 0.6) is 0 Å². The summed E-state index contributed by atoms with van der Waals surface area (Å²) < 4.78 is 0. The lowest BCUT2D eigenvalue weighted by Gasteiger charge is -2.18. The van der Waals surface area contributed by atoms with E-state index in [0.717, 1.165) is 25.8 Å². The molecule has 2 rings (SSSR count). The fraction of sp³-hybridized carbons (Fsp3) is 0.438. The molecule has 0 saturated heterocycles. The number of aromatic nitrogens is 1. The van der Waals surface area contributed by atoms with Crippen molar-refractivity contribution in [1.82, 2.24) is 10.3 Å². The van der Waals surface area contributed by atoms with Crippen LogP contribution in [0, 0.1) is 0 Å². The van der Waals surface area contributed by atoms with Gasteiger partial charge in [0, 0.05) is 24.0 Å². The highest BCUT2D eigenvalue weighted by Crippen LogP contribution is 2.20. The van der Waals surface area contributed by atoms with Crippen molar-refractivity contribution in [3.8, 4) is 0 Å². The Hall–Kier alpha value is -1.19. The highest BCUT2D eigenvalue weighted by atomic mass is 32.1. The summed E-state index contributed by atoms with van der Waals surface area (Å²) in [4.78, 5) is 4.40. The standard InChI is InChI=1S/C16H22N2S/c1-3-9-17-15(12-16-18-10-11-19-16)14-7-5-13(4-2)6-8-14/h5-8,10-11,15,17H,3-4,9,12H2,1-2H3. The Bertz CT molecular complexity index is 462. The fourth-order valence-electron chi connectivity index (χ4n) is 2.14. The Morgan fingerprint density at radius 1 is 1.21 bits per heavy atom. The molecule has 0 spiro atoms. The van der Waals surface area contributed by atoms with Crippen molar-refractivity contribution in [3.05, 3.63) is 52.0 Å². The lowest BCUT2D eigenvalue weighted by molar-refractivity contribution is 0.528. The number of thiazole rings is 1. The molecule has 0 aliphatic rings. The summed E-state index contributed by atoms with van der Waals surface area (Å²) in [5, 5.41) is 6.88. The van der Waals surface area contributed by atoms with Gasteiger partial charge in [0.2, 0.25) is 0 Å². The van der Waals surface area contributed by atoms with Crippen molar-refractivity contribution in [2.24, 2.45) is 0 Å². The summed E-state index contributed by atoms with van der Waals surface area (Å²) in [6.45, 7) is 5.44. The molecule has 0 radical (unpaired) electrons. The summed E-state index contributed by atoms with van der Waals surface area (Å²) in [7, 11) is 0. The van der Waals surface area contributed by atoms with E-state index in [1.807, 2.05) is 11.6 Å². The molecule has 1 aromatic heterocycles. The van der Waals surface area contributed by atoms with E-state index >= 15 is 0 Å². The number of benzene rings is 1. The number of hydrogen-bond acceptors (Lipinski definition) is 3. The van der Waals surface area contributed by atoms with E-state index in [1.165, 1.54) is 16.1 Å². The molecule has 1 aromatic carbocycles. The highest BCUT2D eigenvalue weighted by molar-refractivity contribution is 7.09. The minimum absolute atomic E-state index is 0.372. The molecule has 0 saturated carbocycles. The van der Waals surface area contributed by atoms with Crippen molar-refractivity contribution in [1.29, 1.82) is 0 Å². The molecular weight excluding hydrogens is 252 g/mol. The smallest absolute Gasteiger partial charge is 0.0943 e. The van der Waals surface area contributed by atoms with Gasteiger partial charge in [-0.2, -0.15) is 0 Å². The van der Waals surface area contributed by atoms with Crippen LogP contribution in [0.1, 0.15) is 42.4 Å². The second-order valence-corrected chi connectivity index (χ2v) is 5.71. The van der Waals surface area contributed by atoms with Gasteiger partial charge in [0.1, 0.15) is 0 Å². The zero-order valence-corrected chi connectivity index (χ0v) is 12.5. The topological polar surface area (TPSA) is 24.9 Å². The number of rotatable bonds is 7. The molecule has 0 fully saturated rings. The molecule has 102 valence electrons. The molecule has 2 nitrogen and oxygen atoms in total. The lowest BCUT2D eigenvalue weighted by Crippen LogP contribution is -2.24. The van der Waals surface area contributed by atoms with Crippen molar-refractivity contribution in [3.63, 3.8) is 0 Å². The third kappa shape index (κ3) is 4.15. The van der Waals surface area contributed by atoms with Crippen LogP contribution in [-0.2, 0) is 12.8 Å². The Labute approximate surface area is 119 Å². The first-order valence-electron chi connectivity index (χ1n) is 7.04. The average molecular weight is 274 g/mol. The van der Waals surface area contributed by atoms with Gasteiger partial charge in [-0.25, -0.2) is 4.98 Å². The SMILES string of the molecule is CCCNC(Cc1nccs1)c1ccc(CC)cc1. The van der Waals surface area contributed by atoms with Gasteiger partial charge in [-0.3, -0.25) is 0 Å². The van der Waals surface area contributed by atoms with Crippen LogP contribution in [0.2, 0.25) is 0 Å². The van der Waals surface area contributed by atoms with Crippen molar-refractivity contribution in [2.75, 3.05) is 6.54 Å². The predicted octanol–water partition coefficient (Wildman–Crippen LogP) is 3.99. The zero-order valence-electron chi connectivity index (χ0n) is 11.7. The van der Waals surface area contributed by atoms with Crippen LogP contribution < -0.4 is 5.32 Å². The van der Waals surface area contributed by atoms with Gasteiger partial charge in [-0.1, -0.05) is 38.1 Å². The largest absolute Gasteiger partial charge is 0.310 e. The maximum absolute atomic E-state index is 4.40. The number of nitrogens with one attached hydrogen (secondary N) is 1. The molecule has 3 heteroatoms. The van der Waals surface area contributed by atoms with E-state index in [2.05, 4.69) is 48.4 Å². The Morgan fingerprint density at radius 2 is 2.00 bits per heavy atom. The molecule has 1 N–H and O–H groups in total. The Morgan fingerprint density at radius 3 is 2.58 bits per heavy atom. The monoisotopic (exact) mass is 274 g/mol. The van der Waals surface area contributed by atoms with Gasteiger partial charge in [-0.15, -0.1) is 11.3 Å². The van der Waals surface area contributed by atoms with Gasteiger partial charge in [0.05, 0.1) is 5.01 Å². The van der Waals surface area contributed by atoms with Crippen LogP contribution in [0.3, 0.4) is 0 Å². The maximum atomic E-state index is 4.40. The first-order valence-corrected chi connectivity index (χ1v) is 7.92. The van der Waals surface area contributed by atoms with E-state index in [-0.39, 0.29) is 0 Å². The third-order valence-corrected chi connectivity index (χ3v) is 4.10. The second kappa shape index (κ2) is 7.41. The normalized spacial score (nSPS) is 12.5. The molecule has 0 aliphatic carbocycles. The van der Waals surface area contributed by atoms with Gasteiger partial charge in [0.25, 0.3) is 0 Å². The van der Waals surface area contributed by atoms with E-state index in [9.17, 15) is 0 Å². The first-order chi connectivity index (χ1) is 9.33. The summed E-state index contributed by atoms with van der Waals surface area (Å²) in [6, 6.07) is 9.34. The zero-order chi connectivity index (χ0) is 13.5. The molecular formula is C16H22N2S. The Balaban J connectivity index is 2.10. The molecule has 1 unspecified atom stereocenters. The van der Waals surface area contributed by atoms with Crippen LogP contribution >= 0.6 is 11.3 Å². The minimum atomic E-state index is 0.372. The van der Waals surface area contributed by atoms with Crippen LogP contribution in [-0.4, -0.2) is 11.5 Å². The summed E-state index contributed by atoms with van der Waals surface area (Å²) >= 11 is 1.74. The summed E-state index contributed by atoms with van der Waals surface area (Å²) in [5.41, 5.74) is 2.76. The van der Waals surface area contributed by atoms with Gasteiger partial charge in [-0.05, 0) is 30.5 Å². The molecule has 0 aliphatic heterocycles. The van der Waals surface area contributed by atoms with Crippen molar-refractivity contribution in [2.45, 2.75) is 39.2 Å². The first kappa shape index (κ1) is 14.2. The average Bonchev–Trinajstić information content (AvgIpc) is 2.96. The third-order valence-electron chi connectivity index (χ3n) is 3.29. The number of hydrogen-bond donors (Lipinski definition) is 1. The van der Waals surface area contributed by atoms with Crippen molar-refractivity contribution >= 4 is 11.3 Å². The minimum Gasteiger partial charge on any atom is -0.310 e. The highest BCUT2D eigenvalue weighted by Gasteiger charge is 2.12. The van der Waals surface area contributed by atoms with Crippen LogP contribution in [0.15, 0.2) is 35.8 Å². The van der Waals surface area contributed by atoms with E-state index in [0.29, 0.717) is 6.04 Å². The summed E-state index contributed by atoms with van der Waals surface area (Å²) in [6.07, 6.45) is 5.11. The number of nitrogens with zero attached hydrogens (tertiary/aromatic N) is 1. The quantitative estimate of drug-likeness (QED) is 0.826. The maximum Gasteiger partial charge on any atom is 0.0943 e. The summed E-state index contributed by atoms with van der Waals surface area (Å²) in [5.74, 6) is 0. The van der Waals surface area contributed by atoms with Gasteiger partial charge in [0.15, 0.2) is 0 Å². The Kier molecular flexibility index (Phi) is 5.55. The van der Waals surface area contributed by atoms with Crippen LogP contribution in [0.25, 0.3) is 0 Å². The van der Waals surface area contributed by atoms with Crippen molar-refractivity contribution < 1.29 is 0 Å². The second-order valence-electron chi connectivity index (χ2n) is 4.73. The molecule has 2 aromatic rings. The fourth-order valence-corrected chi connectivity index (χ4v) is 2.80.